The summed E-state index contributed by atoms with van der Waals surface area (Å²) in [6.07, 6.45) is 0.483. The number of anilines is 1. The Morgan fingerprint density at radius 2 is 1.96 bits per heavy atom. The van der Waals surface area contributed by atoms with Gasteiger partial charge in [0.2, 0.25) is 0 Å². The zero-order valence-electron chi connectivity index (χ0n) is 13.2. The zero-order chi connectivity index (χ0) is 16.9. The van der Waals surface area contributed by atoms with E-state index in [1.165, 1.54) is 24.3 Å². The number of hydrogen-bond acceptors (Lipinski definition) is 5. The summed E-state index contributed by atoms with van der Waals surface area (Å²) < 4.78 is 14.5. The molecule has 24 heavy (non-hydrogen) atoms. The van der Waals surface area contributed by atoms with Crippen LogP contribution < -0.4 is 10.6 Å². The van der Waals surface area contributed by atoms with Crippen LogP contribution in [-0.2, 0) is 6.42 Å². The molecular formula is C16H17FN6O. The lowest BCUT2D eigenvalue weighted by Crippen LogP contribution is -2.26. The molecule has 2 aromatic heterocycles. The van der Waals surface area contributed by atoms with Crippen LogP contribution in [-0.4, -0.2) is 38.8 Å². The zero-order valence-corrected chi connectivity index (χ0v) is 13.2. The van der Waals surface area contributed by atoms with Gasteiger partial charge in [-0.2, -0.15) is 4.52 Å². The van der Waals surface area contributed by atoms with E-state index < -0.39 is 0 Å². The van der Waals surface area contributed by atoms with Crippen molar-refractivity contribution in [3.63, 3.8) is 0 Å². The Morgan fingerprint density at radius 1 is 1.17 bits per heavy atom. The molecule has 3 rings (SSSR count). The number of benzene rings is 1. The molecule has 7 nitrogen and oxygen atoms in total. The third-order valence-corrected chi connectivity index (χ3v) is 3.43. The molecular weight excluding hydrogens is 311 g/mol. The van der Waals surface area contributed by atoms with Gasteiger partial charge in [-0.05, 0) is 43.3 Å². The van der Waals surface area contributed by atoms with Crippen molar-refractivity contribution in [1.82, 2.24) is 25.1 Å². The lowest BCUT2D eigenvalue weighted by molar-refractivity contribution is 0.0954. The van der Waals surface area contributed by atoms with Gasteiger partial charge in [0.15, 0.2) is 11.5 Å². The fourth-order valence-corrected chi connectivity index (χ4v) is 2.26. The predicted molar refractivity (Wildman–Crippen MR) is 87.4 cm³/mol. The first-order valence-corrected chi connectivity index (χ1v) is 7.66. The lowest BCUT2D eigenvalue weighted by Gasteiger charge is -2.05. The van der Waals surface area contributed by atoms with Crippen molar-refractivity contribution < 1.29 is 9.18 Å². The quantitative estimate of drug-likeness (QED) is 0.719. The van der Waals surface area contributed by atoms with Gasteiger partial charge >= 0.3 is 0 Å². The van der Waals surface area contributed by atoms with Gasteiger partial charge in [-0.3, -0.25) is 4.79 Å². The van der Waals surface area contributed by atoms with E-state index in [0.717, 1.165) is 12.4 Å². The number of nitrogens with one attached hydrogen (secondary N) is 2. The van der Waals surface area contributed by atoms with E-state index in [1.54, 1.807) is 4.52 Å². The third kappa shape index (κ3) is 3.48. The van der Waals surface area contributed by atoms with Crippen LogP contribution in [0.2, 0.25) is 0 Å². The molecule has 124 valence electrons. The van der Waals surface area contributed by atoms with Crippen molar-refractivity contribution in [3.8, 4) is 0 Å². The van der Waals surface area contributed by atoms with Crippen molar-refractivity contribution in [3.05, 3.63) is 53.6 Å². The molecule has 0 radical (unpaired) electrons. The molecule has 0 unspecified atom stereocenters. The smallest absolute Gasteiger partial charge is 0.251 e. The third-order valence-electron chi connectivity index (χ3n) is 3.43. The summed E-state index contributed by atoms with van der Waals surface area (Å²) in [5, 5.41) is 18.5. The second-order valence-electron chi connectivity index (χ2n) is 5.15. The highest BCUT2D eigenvalue weighted by Gasteiger charge is 2.09. The highest BCUT2D eigenvalue weighted by Crippen LogP contribution is 2.07. The van der Waals surface area contributed by atoms with Gasteiger partial charge in [0.05, 0.1) is 0 Å². The fourth-order valence-electron chi connectivity index (χ4n) is 2.26. The normalized spacial score (nSPS) is 10.8. The molecule has 8 heteroatoms. The van der Waals surface area contributed by atoms with E-state index in [-0.39, 0.29) is 11.7 Å². The number of fused-ring (bicyclic) bond motifs is 1. The van der Waals surface area contributed by atoms with Crippen LogP contribution in [0.4, 0.5) is 10.2 Å². The van der Waals surface area contributed by atoms with Crippen molar-refractivity contribution in [1.29, 1.82) is 0 Å². The van der Waals surface area contributed by atoms with E-state index in [1.807, 2.05) is 19.1 Å². The number of carbonyl (C=O) groups is 1. The number of amides is 1. The van der Waals surface area contributed by atoms with E-state index in [0.29, 0.717) is 30.0 Å². The number of nitrogens with zero attached hydrogens (tertiary/aromatic N) is 4. The van der Waals surface area contributed by atoms with Crippen molar-refractivity contribution in [2.24, 2.45) is 0 Å². The molecule has 3 aromatic rings. The summed E-state index contributed by atoms with van der Waals surface area (Å²) in [4.78, 5) is 12.0. The van der Waals surface area contributed by atoms with Crippen LogP contribution in [0.3, 0.4) is 0 Å². The van der Waals surface area contributed by atoms with Gasteiger partial charge in [-0.25, -0.2) is 4.39 Å². The van der Waals surface area contributed by atoms with Crippen LogP contribution >= 0.6 is 0 Å². The number of hydrogen-bond donors (Lipinski definition) is 2. The summed E-state index contributed by atoms with van der Waals surface area (Å²) in [5.41, 5.74) is 1.06. The Labute approximate surface area is 137 Å². The lowest BCUT2D eigenvalue weighted by atomic mass is 10.2. The molecule has 0 saturated heterocycles. The predicted octanol–water partition coefficient (Wildman–Crippen LogP) is 1.67. The molecule has 0 bridgehead atoms. The first-order valence-electron chi connectivity index (χ1n) is 7.66. The minimum atomic E-state index is -0.371. The van der Waals surface area contributed by atoms with E-state index >= 15 is 0 Å². The first kappa shape index (κ1) is 15.9. The van der Waals surface area contributed by atoms with Crippen LogP contribution in [0, 0.1) is 5.82 Å². The summed E-state index contributed by atoms with van der Waals surface area (Å²) in [5.74, 6) is 0.764. The molecule has 1 aromatic carbocycles. The van der Waals surface area contributed by atoms with Crippen molar-refractivity contribution in [2.45, 2.75) is 13.3 Å². The summed E-state index contributed by atoms with van der Waals surface area (Å²) in [6, 6.07) is 9.08. The molecule has 0 atom stereocenters. The molecule has 0 aliphatic carbocycles. The van der Waals surface area contributed by atoms with Gasteiger partial charge < -0.3 is 10.6 Å². The molecule has 1 amide bonds. The van der Waals surface area contributed by atoms with Crippen LogP contribution in [0.1, 0.15) is 23.1 Å². The van der Waals surface area contributed by atoms with Gasteiger partial charge in [0, 0.05) is 25.1 Å². The number of rotatable bonds is 6. The maximum Gasteiger partial charge on any atom is 0.251 e. The SMILES string of the molecule is CCNc1ccc2nnc(CCNC(=O)c3ccc(F)cc3)n2n1. The van der Waals surface area contributed by atoms with E-state index in [9.17, 15) is 9.18 Å². The Balaban J connectivity index is 1.64. The number of halogens is 1. The van der Waals surface area contributed by atoms with E-state index in [4.69, 9.17) is 0 Å². The Hall–Kier alpha value is -3.03. The van der Waals surface area contributed by atoms with Crippen molar-refractivity contribution in [2.75, 3.05) is 18.4 Å². The molecule has 0 spiro atoms. The first-order chi connectivity index (χ1) is 11.7. The highest BCUT2D eigenvalue weighted by atomic mass is 19.1. The average molecular weight is 328 g/mol. The average Bonchev–Trinajstić information content (AvgIpc) is 2.98. The Bertz CT molecular complexity index is 845. The standard InChI is InChI=1S/C16H17FN6O/c1-2-18-13-7-8-14-20-21-15(23(14)22-13)9-10-19-16(24)11-3-5-12(17)6-4-11/h3-8H,2,9-10H2,1H3,(H,18,22)(H,19,24). The fraction of sp³-hybridized carbons (Fsp3) is 0.250. The monoisotopic (exact) mass is 328 g/mol. The van der Waals surface area contributed by atoms with Crippen LogP contribution in [0.5, 0.6) is 0 Å². The summed E-state index contributed by atoms with van der Waals surface area (Å²) >= 11 is 0. The van der Waals surface area contributed by atoms with Crippen LogP contribution in [0.15, 0.2) is 36.4 Å². The maximum absolute atomic E-state index is 12.9. The second-order valence-corrected chi connectivity index (χ2v) is 5.15. The Morgan fingerprint density at radius 3 is 2.71 bits per heavy atom. The molecule has 0 aliphatic heterocycles. The molecule has 0 saturated carbocycles. The minimum Gasteiger partial charge on any atom is -0.369 e. The van der Waals surface area contributed by atoms with Gasteiger partial charge in [-0.15, -0.1) is 15.3 Å². The Kier molecular flexibility index (Phi) is 4.64. The largest absolute Gasteiger partial charge is 0.369 e. The second kappa shape index (κ2) is 7.03. The van der Waals surface area contributed by atoms with E-state index in [2.05, 4.69) is 25.9 Å². The van der Waals surface area contributed by atoms with Crippen molar-refractivity contribution >= 4 is 17.4 Å². The van der Waals surface area contributed by atoms with Gasteiger partial charge in [0.25, 0.3) is 5.91 Å². The topological polar surface area (TPSA) is 84.2 Å². The number of carbonyl (C=O) groups excluding carboxylic acids is 1. The summed E-state index contributed by atoms with van der Waals surface area (Å²) in [7, 11) is 0. The molecule has 2 N–H and O–H groups in total. The maximum atomic E-state index is 12.9. The summed E-state index contributed by atoms with van der Waals surface area (Å²) in [6.45, 7) is 3.14. The van der Waals surface area contributed by atoms with Gasteiger partial charge in [-0.1, -0.05) is 0 Å². The van der Waals surface area contributed by atoms with Crippen LogP contribution in [0.25, 0.3) is 5.65 Å². The minimum absolute atomic E-state index is 0.259. The molecule has 0 fully saturated rings. The number of aromatic nitrogens is 4. The molecule has 2 heterocycles. The van der Waals surface area contributed by atoms with Gasteiger partial charge in [0.1, 0.15) is 11.6 Å². The highest BCUT2D eigenvalue weighted by molar-refractivity contribution is 5.94. The molecule has 0 aliphatic rings.